The normalized spacial score (nSPS) is 15.0. The van der Waals surface area contributed by atoms with Crippen molar-refractivity contribution < 1.29 is 9.59 Å². The highest BCUT2D eigenvalue weighted by atomic mass is 32.1. The molecule has 2 aromatic heterocycles. The average Bonchev–Trinajstić information content (AvgIpc) is 3.07. The van der Waals surface area contributed by atoms with Gasteiger partial charge in [-0.25, -0.2) is 0 Å². The molecule has 0 aromatic carbocycles. The second kappa shape index (κ2) is 5.80. The molecule has 0 unspecified atom stereocenters. The quantitative estimate of drug-likeness (QED) is 0.608. The number of fused-ring (bicyclic) bond motifs is 1. The van der Waals surface area contributed by atoms with Crippen molar-refractivity contribution in [2.75, 3.05) is 0 Å². The van der Waals surface area contributed by atoms with E-state index in [0.717, 1.165) is 27.3 Å². The van der Waals surface area contributed by atoms with Crippen molar-refractivity contribution in [3.8, 4) is 9.75 Å². The van der Waals surface area contributed by atoms with Gasteiger partial charge in [-0.1, -0.05) is 13.8 Å². The van der Waals surface area contributed by atoms with Gasteiger partial charge in [0, 0.05) is 20.2 Å². The molecule has 1 aliphatic carbocycles. The van der Waals surface area contributed by atoms with Crippen LogP contribution in [0.5, 0.6) is 0 Å². The summed E-state index contributed by atoms with van der Waals surface area (Å²) in [5.74, 6) is -0.488. The van der Waals surface area contributed by atoms with Gasteiger partial charge in [0.05, 0.1) is 9.78 Å². The molecule has 2 nitrogen and oxygen atoms in total. The van der Waals surface area contributed by atoms with Crippen molar-refractivity contribution in [2.24, 2.45) is 5.92 Å². The van der Waals surface area contributed by atoms with Gasteiger partial charge >= 0.3 is 0 Å². The fraction of sp³-hybridized carbons (Fsp3) is 0.294. The lowest BCUT2D eigenvalue weighted by atomic mass is 9.89. The number of ketones is 2. The van der Waals surface area contributed by atoms with E-state index in [1.54, 1.807) is 11.3 Å². The Labute approximate surface area is 143 Å². The van der Waals surface area contributed by atoms with E-state index in [0.29, 0.717) is 15.7 Å². The molecular formula is C17H16O2S3. The summed E-state index contributed by atoms with van der Waals surface area (Å²) in [6.07, 6.45) is 0.754. The molecule has 3 rings (SSSR count). The third-order valence-electron chi connectivity index (χ3n) is 3.57. The Balaban J connectivity index is 2.15. The minimum Gasteiger partial charge on any atom is -0.284 e. The summed E-state index contributed by atoms with van der Waals surface area (Å²) in [5.41, 5.74) is 1.81. The number of hydrogen-bond acceptors (Lipinski definition) is 5. The van der Waals surface area contributed by atoms with E-state index in [1.807, 2.05) is 6.07 Å². The van der Waals surface area contributed by atoms with Crippen LogP contribution >= 0.6 is 35.3 Å². The van der Waals surface area contributed by atoms with Gasteiger partial charge in [0.25, 0.3) is 0 Å². The fourth-order valence-electron chi connectivity index (χ4n) is 2.56. The summed E-state index contributed by atoms with van der Waals surface area (Å²) in [6, 6.07) is 6.18. The maximum atomic E-state index is 12.3. The van der Waals surface area contributed by atoms with Gasteiger partial charge in [0.15, 0.2) is 0 Å². The van der Waals surface area contributed by atoms with Gasteiger partial charge in [0.2, 0.25) is 11.6 Å². The zero-order valence-electron chi connectivity index (χ0n) is 12.6. The van der Waals surface area contributed by atoms with Gasteiger partial charge in [0.1, 0.15) is 0 Å². The van der Waals surface area contributed by atoms with E-state index in [-0.39, 0.29) is 0 Å². The molecule has 0 aliphatic heterocycles. The topological polar surface area (TPSA) is 34.1 Å². The number of hydrogen-bond donors (Lipinski definition) is 1. The molecule has 0 amide bonds. The molecule has 2 aromatic rings. The Bertz CT molecular complexity index is 806. The number of aryl methyl sites for hydroxylation is 1. The maximum Gasteiger partial charge on any atom is 0.244 e. The SMILES string of the molecule is Cc1ccc(-c2cc3c(s2)C(=O)C(=O)C(S)=C3CC(C)C)s1. The zero-order valence-corrected chi connectivity index (χ0v) is 15.1. The van der Waals surface area contributed by atoms with E-state index in [2.05, 4.69) is 45.5 Å². The first-order chi connectivity index (χ1) is 10.4. The molecule has 2 heterocycles. The molecule has 0 fully saturated rings. The van der Waals surface area contributed by atoms with Gasteiger partial charge < -0.3 is 0 Å². The maximum absolute atomic E-state index is 12.3. The Kier molecular flexibility index (Phi) is 4.14. The van der Waals surface area contributed by atoms with Crippen LogP contribution in [0, 0.1) is 12.8 Å². The van der Waals surface area contributed by atoms with E-state index in [1.165, 1.54) is 16.2 Å². The first-order valence-corrected chi connectivity index (χ1v) is 9.18. The Morgan fingerprint density at radius 3 is 2.41 bits per heavy atom. The summed E-state index contributed by atoms with van der Waals surface area (Å²) in [7, 11) is 0. The smallest absolute Gasteiger partial charge is 0.244 e. The van der Waals surface area contributed by atoms with Crippen LogP contribution < -0.4 is 0 Å². The van der Waals surface area contributed by atoms with Crippen LogP contribution in [0.2, 0.25) is 0 Å². The molecule has 22 heavy (non-hydrogen) atoms. The van der Waals surface area contributed by atoms with Crippen LogP contribution in [0.15, 0.2) is 23.1 Å². The van der Waals surface area contributed by atoms with Crippen molar-refractivity contribution in [3.05, 3.63) is 38.4 Å². The molecule has 0 atom stereocenters. The van der Waals surface area contributed by atoms with Crippen molar-refractivity contribution in [1.82, 2.24) is 0 Å². The summed E-state index contributed by atoms with van der Waals surface area (Å²) in [5, 5.41) is 0. The first kappa shape index (κ1) is 15.7. The lowest BCUT2D eigenvalue weighted by Gasteiger charge is -2.17. The monoisotopic (exact) mass is 348 g/mol. The number of rotatable bonds is 3. The number of carbonyl (C=O) groups excluding carboxylic acids is 2. The van der Waals surface area contributed by atoms with Gasteiger partial charge in [-0.2, -0.15) is 0 Å². The molecule has 0 radical (unpaired) electrons. The molecule has 0 saturated carbocycles. The van der Waals surface area contributed by atoms with Gasteiger partial charge in [-0.05, 0) is 43.0 Å². The highest BCUT2D eigenvalue weighted by molar-refractivity contribution is 7.86. The summed E-state index contributed by atoms with van der Waals surface area (Å²) >= 11 is 7.45. The number of Topliss-reactive ketones (excluding diaryl/α,β-unsaturated/α-hetero) is 2. The highest BCUT2D eigenvalue weighted by Crippen LogP contribution is 2.43. The number of thiol groups is 1. The Hall–Kier alpha value is -1.17. The van der Waals surface area contributed by atoms with E-state index < -0.39 is 11.6 Å². The van der Waals surface area contributed by atoms with Crippen LogP contribution in [-0.2, 0) is 4.79 Å². The zero-order chi connectivity index (χ0) is 16.0. The lowest BCUT2D eigenvalue weighted by Crippen LogP contribution is -2.20. The number of thiophene rings is 2. The van der Waals surface area contributed by atoms with Crippen LogP contribution in [0.4, 0.5) is 0 Å². The molecular weight excluding hydrogens is 332 g/mol. The predicted octanol–water partition coefficient (Wildman–Crippen LogP) is 5.24. The Morgan fingerprint density at radius 2 is 1.82 bits per heavy atom. The van der Waals surface area contributed by atoms with E-state index >= 15 is 0 Å². The number of carbonyl (C=O) groups is 2. The standard InChI is InChI=1S/C17H16O2S3/c1-8(2)6-10-11-7-13(12-5-4-9(3)21-12)22-17(11)15(19)14(18)16(10)20/h4-5,7-8,20H,6H2,1-3H3. The first-order valence-electron chi connectivity index (χ1n) is 7.10. The van der Waals surface area contributed by atoms with Crippen LogP contribution in [0.3, 0.4) is 0 Å². The highest BCUT2D eigenvalue weighted by Gasteiger charge is 2.33. The molecule has 0 spiro atoms. The van der Waals surface area contributed by atoms with Crippen molar-refractivity contribution in [3.63, 3.8) is 0 Å². The minimum atomic E-state index is -0.470. The Morgan fingerprint density at radius 1 is 1.09 bits per heavy atom. The third-order valence-corrected chi connectivity index (χ3v) is 6.37. The van der Waals surface area contributed by atoms with Crippen molar-refractivity contribution in [1.29, 1.82) is 0 Å². The second-order valence-electron chi connectivity index (χ2n) is 5.85. The van der Waals surface area contributed by atoms with Crippen LogP contribution in [0.25, 0.3) is 15.3 Å². The molecule has 5 heteroatoms. The average molecular weight is 349 g/mol. The molecule has 114 valence electrons. The second-order valence-corrected chi connectivity index (χ2v) is 8.63. The van der Waals surface area contributed by atoms with Crippen LogP contribution in [0.1, 0.15) is 40.4 Å². The summed E-state index contributed by atoms with van der Waals surface area (Å²) in [6.45, 7) is 6.27. The lowest BCUT2D eigenvalue weighted by molar-refractivity contribution is -0.111. The fourth-order valence-corrected chi connectivity index (χ4v) is 4.95. The van der Waals surface area contributed by atoms with E-state index in [4.69, 9.17) is 0 Å². The summed E-state index contributed by atoms with van der Waals surface area (Å²) in [4.78, 5) is 28.8. The minimum absolute atomic E-state index is 0.318. The van der Waals surface area contributed by atoms with E-state index in [9.17, 15) is 9.59 Å². The summed E-state index contributed by atoms with van der Waals surface area (Å²) < 4.78 is 0. The molecule has 0 saturated heterocycles. The van der Waals surface area contributed by atoms with Crippen LogP contribution in [-0.4, -0.2) is 11.6 Å². The largest absolute Gasteiger partial charge is 0.284 e. The molecule has 0 N–H and O–H groups in total. The molecule has 1 aliphatic rings. The third kappa shape index (κ3) is 2.62. The van der Waals surface area contributed by atoms with Crippen molar-refractivity contribution in [2.45, 2.75) is 27.2 Å². The predicted molar refractivity (Wildman–Crippen MR) is 97.1 cm³/mol. The van der Waals surface area contributed by atoms with Gasteiger partial charge in [-0.3, -0.25) is 9.59 Å². The number of allylic oxidation sites excluding steroid dienone is 2. The van der Waals surface area contributed by atoms with Gasteiger partial charge in [-0.15, -0.1) is 35.3 Å². The molecule has 0 bridgehead atoms. The van der Waals surface area contributed by atoms with Crippen molar-refractivity contribution >= 4 is 52.4 Å².